The number of rotatable bonds is 6. The lowest BCUT2D eigenvalue weighted by Gasteiger charge is -2.34. The van der Waals surface area contributed by atoms with Crippen molar-refractivity contribution in [2.45, 2.75) is 45.4 Å². The SMILES string of the molecule is Cc1ccc2c(c1)N(S(C)(=O)=O)CC(C(=O)NCc1cccc(CN3CCCCC3)c1)O2. The predicted octanol–water partition coefficient (Wildman–Crippen LogP) is 2.82. The molecule has 7 nitrogen and oxygen atoms in total. The fraction of sp³-hybridized carbons (Fsp3) is 0.458. The Labute approximate surface area is 190 Å². The van der Waals surface area contributed by atoms with Gasteiger partial charge in [0, 0.05) is 13.1 Å². The fourth-order valence-corrected chi connectivity index (χ4v) is 5.23. The molecule has 2 aliphatic heterocycles. The summed E-state index contributed by atoms with van der Waals surface area (Å²) in [5, 5.41) is 2.91. The zero-order chi connectivity index (χ0) is 22.7. The number of likely N-dealkylation sites (tertiary alicyclic amines) is 1. The number of carbonyl (C=O) groups excluding carboxylic acids is 1. The Morgan fingerprint density at radius 3 is 2.59 bits per heavy atom. The Bertz CT molecular complexity index is 1080. The van der Waals surface area contributed by atoms with Crippen LogP contribution in [-0.2, 0) is 27.9 Å². The maximum atomic E-state index is 12.9. The summed E-state index contributed by atoms with van der Waals surface area (Å²) in [5.41, 5.74) is 3.65. The third-order valence-electron chi connectivity index (χ3n) is 5.99. The number of ether oxygens (including phenoxy) is 1. The summed E-state index contributed by atoms with van der Waals surface area (Å²) < 4.78 is 31.8. The molecule has 0 bridgehead atoms. The molecule has 0 aliphatic carbocycles. The van der Waals surface area contributed by atoms with Gasteiger partial charge in [0.05, 0.1) is 18.5 Å². The van der Waals surface area contributed by atoms with Crippen LogP contribution in [0.15, 0.2) is 42.5 Å². The largest absolute Gasteiger partial charge is 0.476 e. The number of anilines is 1. The minimum atomic E-state index is -3.54. The minimum Gasteiger partial charge on any atom is -0.476 e. The van der Waals surface area contributed by atoms with Gasteiger partial charge in [0.2, 0.25) is 10.0 Å². The fourth-order valence-electron chi connectivity index (χ4n) is 4.33. The number of benzene rings is 2. The second-order valence-electron chi connectivity index (χ2n) is 8.75. The molecule has 2 aromatic rings. The van der Waals surface area contributed by atoms with Crippen molar-refractivity contribution in [2.24, 2.45) is 0 Å². The minimum absolute atomic E-state index is 0.0455. The van der Waals surface area contributed by atoms with Gasteiger partial charge in [0.15, 0.2) is 6.10 Å². The van der Waals surface area contributed by atoms with Crippen molar-refractivity contribution in [1.82, 2.24) is 10.2 Å². The molecular weight excluding hydrogens is 426 g/mol. The van der Waals surface area contributed by atoms with Gasteiger partial charge in [-0.25, -0.2) is 8.42 Å². The molecule has 8 heteroatoms. The highest BCUT2D eigenvalue weighted by molar-refractivity contribution is 7.92. The van der Waals surface area contributed by atoms with Crippen molar-refractivity contribution in [2.75, 3.05) is 30.2 Å². The van der Waals surface area contributed by atoms with E-state index < -0.39 is 16.1 Å². The first-order valence-electron chi connectivity index (χ1n) is 11.1. The maximum Gasteiger partial charge on any atom is 0.263 e. The van der Waals surface area contributed by atoms with Crippen LogP contribution >= 0.6 is 0 Å². The average Bonchev–Trinajstić information content (AvgIpc) is 2.77. The lowest BCUT2D eigenvalue weighted by molar-refractivity contribution is -0.127. The number of nitrogens with one attached hydrogen (secondary N) is 1. The van der Waals surface area contributed by atoms with E-state index in [-0.39, 0.29) is 12.5 Å². The van der Waals surface area contributed by atoms with Gasteiger partial charge >= 0.3 is 0 Å². The number of piperidine rings is 1. The van der Waals surface area contributed by atoms with Gasteiger partial charge in [-0.1, -0.05) is 36.8 Å². The van der Waals surface area contributed by atoms with Crippen LogP contribution in [0, 0.1) is 6.92 Å². The lowest BCUT2D eigenvalue weighted by atomic mass is 10.1. The average molecular weight is 458 g/mol. The topological polar surface area (TPSA) is 79.0 Å². The number of aryl methyl sites for hydroxylation is 1. The lowest BCUT2D eigenvalue weighted by Crippen LogP contribution is -2.50. The highest BCUT2D eigenvalue weighted by Crippen LogP contribution is 2.35. The number of sulfonamides is 1. The van der Waals surface area contributed by atoms with Crippen molar-refractivity contribution < 1.29 is 17.9 Å². The molecular formula is C24H31N3O4S. The molecule has 2 aliphatic rings. The first kappa shape index (κ1) is 22.6. The zero-order valence-corrected chi connectivity index (χ0v) is 19.5. The Balaban J connectivity index is 1.41. The monoisotopic (exact) mass is 457 g/mol. The first-order chi connectivity index (χ1) is 15.3. The van der Waals surface area contributed by atoms with Gasteiger partial charge < -0.3 is 10.1 Å². The Morgan fingerprint density at radius 1 is 1.09 bits per heavy atom. The molecule has 1 amide bonds. The summed E-state index contributed by atoms with van der Waals surface area (Å²) in [4.78, 5) is 15.3. The van der Waals surface area contributed by atoms with Crippen LogP contribution in [0.4, 0.5) is 5.69 Å². The van der Waals surface area contributed by atoms with Crippen LogP contribution in [0.2, 0.25) is 0 Å². The number of fused-ring (bicyclic) bond motifs is 1. The van der Waals surface area contributed by atoms with E-state index in [4.69, 9.17) is 4.74 Å². The summed E-state index contributed by atoms with van der Waals surface area (Å²) in [6, 6.07) is 13.6. The molecule has 32 heavy (non-hydrogen) atoms. The Morgan fingerprint density at radius 2 is 1.84 bits per heavy atom. The summed E-state index contributed by atoms with van der Waals surface area (Å²) in [5.74, 6) is 0.0715. The van der Waals surface area contributed by atoms with Gasteiger partial charge in [0.1, 0.15) is 5.75 Å². The number of hydrogen-bond donors (Lipinski definition) is 1. The molecule has 4 rings (SSSR count). The number of hydrogen-bond acceptors (Lipinski definition) is 5. The van der Waals surface area contributed by atoms with E-state index in [0.29, 0.717) is 18.0 Å². The van der Waals surface area contributed by atoms with Crippen LogP contribution in [0.5, 0.6) is 5.75 Å². The molecule has 172 valence electrons. The van der Waals surface area contributed by atoms with Crippen LogP contribution in [-0.4, -0.2) is 51.2 Å². The van der Waals surface area contributed by atoms with Crippen molar-refractivity contribution in [3.05, 3.63) is 59.2 Å². The smallest absolute Gasteiger partial charge is 0.263 e. The molecule has 0 saturated carbocycles. The van der Waals surface area contributed by atoms with E-state index in [9.17, 15) is 13.2 Å². The molecule has 1 unspecified atom stereocenters. The van der Waals surface area contributed by atoms with Crippen LogP contribution < -0.4 is 14.4 Å². The van der Waals surface area contributed by atoms with Gasteiger partial charge in [-0.2, -0.15) is 0 Å². The quantitative estimate of drug-likeness (QED) is 0.722. The van der Waals surface area contributed by atoms with Gasteiger partial charge in [0.25, 0.3) is 5.91 Å². The molecule has 1 fully saturated rings. The third kappa shape index (κ3) is 5.42. The van der Waals surface area contributed by atoms with Crippen LogP contribution in [0.1, 0.15) is 36.0 Å². The highest BCUT2D eigenvalue weighted by atomic mass is 32.2. The Kier molecular flexibility index (Phi) is 6.71. The molecule has 0 spiro atoms. The molecule has 0 radical (unpaired) electrons. The van der Waals surface area contributed by atoms with E-state index in [1.807, 2.05) is 25.1 Å². The van der Waals surface area contributed by atoms with Gasteiger partial charge in [-0.3, -0.25) is 14.0 Å². The number of amides is 1. The number of carbonyl (C=O) groups is 1. The Hall–Kier alpha value is -2.58. The third-order valence-corrected chi connectivity index (χ3v) is 7.14. The number of nitrogens with zero attached hydrogens (tertiary/aromatic N) is 2. The van der Waals surface area contributed by atoms with Crippen molar-refractivity contribution in [3.8, 4) is 5.75 Å². The molecule has 0 aromatic heterocycles. The van der Waals surface area contributed by atoms with Crippen LogP contribution in [0.3, 0.4) is 0 Å². The zero-order valence-electron chi connectivity index (χ0n) is 18.7. The summed E-state index contributed by atoms with van der Waals surface area (Å²) in [6.07, 6.45) is 4.06. The molecule has 1 atom stereocenters. The normalized spacial score (nSPS) is 19.2. The molecule has 1 N–H and O–H groups in total. The van der Waals surface area contributed by atoms with Crippen molar-refractivity contribution in [1.29, 1.82) is 0 Å². The van der Waals surface area contributed by atoms with Crippen molar-refractivity contribution >= 4 is 21.6 Å². The summed E-state index contributed by atoms with van der Waals surface area (Å²) in [7, 11) is -3.54. The molecule has 2 heterocycles. The van der Waals surface area contributed by atoms with E-state index in [1.54, 1.807) is 12.1 Å². The second kappa shape index (κ2) is 9.50. The maximum absolute atomic E-state index is 12.9. The first-order valence-corrected chi connectivity index (χ1v) is 13.0. The predicted molar refractivity (Wildman–Crippen MR) is 125 cm³/mol. The highest BCUT2D eigenvalue weighted by Gasteiger charge is 2.35. The van der Waals surface area contributed by atoms with E-state index in [1.165, 1.54) is 29.1 Å². The summed E-state index contributed by atoms with van der Waals surface area (Å²) >= 11 is 0. The van der Waals surface area contributed by atoms with E-state index >= 15 is 0 Å². The van der Waals surface area contributed by atoms with Gasteiger partial charge in [-0.05, 0) is 61.7 Å². The van der Waals surface area contributed by atoms with E-state index in [0.717, 1.165) is 37.0 Å². The second-order valence-corrected chi connectivity index (χ2v) is 10.7. The molecule has 2 aromatic carbocycles. The van der Waals surface area contributed by atoms with Gasteiger partial charge in [-0.15, -0.1) is 0 Å². The van der Waals surface area contributed by atoms with Crippen LogP contribution in [0.25, 0.3) is 0 Å². The van der Waals surface area contributed by atoms with E-state index in [2.05, 4.69) is 22.3 Å². The molecule has 1 saturated heterocycles. The summed E-state index contributed by atoms with van der Waals surface area (Å²) in [6.45, 7) is 5.41. The standard InChI is InChI=1S/C24H31N3O4S/c1-18-9-10-22-21(13-18)27(32(2,29)30)17-23(31-22)24(28)25-15-19-7-6-8-20(14-19)16-26-11-4-3-5-12-26/h6-10,13-14,23H,3-5,11-12,15-17H2,1-2H3,(H,25,28). The van der Waals surface area contributed by atoms with Crippen molar-refractivity contribution in [3.63, 3.8) is 0 Å².